The lowest BCUT2D eigenvalue weighted by Gasteiger charge is -2.07. The summed E-state index contributed by atoms with van der Waals surface area (Å²) in [5, 5.41) is 0.487. The van der Waals surface area contributed by atoms with Crippen molar-refractivity contribution in [2.24, 2.45) is 4.99 Å². The van der Waals surface area contributed by atoms with Gasteiger partial charge in [0.1, 0.15) is 0 Å². The molecule has 0 saturated carbocycles. The quantitative estimate of drug-likeness (QED) is 0.403. The maximum absolute atomic E-state index is 5.83. The Morgan fingerprint density at radius 3 is 2.23 bits per heavy atom. The second-order valence-electron chi connectivity index (χ2n) is 2.61. The number of aliphatic imine (C=N–C) groups is 1. The Labute approximate surface area is 89.6 Å². The fraction of sp³-hybridized carbons (Fsp3) is 0.222. The minimum Gasteiger partial charge on any atom is -0.353 e. The van der Waals surface area contributed by atoms with E-state index in [1.807, 2.05) is 44.4 Å². The molecule has 13 heavy (non-hydrogen) atoms. The number of rotatable bonds is 1. The van der Waals surface area contributed by atoms with E-state index in [1.54, 1.807) is 4.90 Å². The van der Waals surface area contributed by atoms with E-state index in [9.17, 15) is 0 Å². The van der Waals surface area contributed by atoms with Gasteiger partial charge in [0.15, 0.2) is 5.29 Å². The van der Waals surface area contributed by atoms with Gasteiger partial charge in [0.2, 0.25) is 0 Å². The Hall–Kier alpha value is -0.730. The van der Waals surface area contributed by atoms with Crippen LogP contribution in [0.15, 0.2) is 35.3 Å². The maximum Gasteiger partial charge on any atom is 0.198 e. The highest BCUT2D eigenvalue weighted by Gasteiger charge is 1.95. The Morgan fingerprint density at radius 1 is 1.23 bits per heavy atom. The molecule has 0 bridgehead atoms. The Balaban J connectivity index is 0.00000144. The Morgan fingerprint density at radius 2 is 1.77 bits per heavy atom. The first-order valence-corrected chi connectivity index (χ1v) is 4.04. The van der Waals surface area contributed by atoms with Gasteiger partial charge in [0.05, 0.1) is 5.69 Å². The number of halogens is 2. The van der Waals surface area contributed by atoms with Crippen molar-refractivity contribution in [3.63, 3.8) is 0 Å². The van der Waals surface area contributed by atoms with E-state index in [-0.39, 0.29) is 12.4 Å². The van der Waals surface area contributed by atoms with Crippen LogP contribution in [0.25, 0.3) is 0 Å². The van der Waals surface area contributed by atoms with Crippen molar-refractivity contribution in [2.75, 3.05) is 14.1 Å². The number of benzene rings is 1. The zero-order chi connectivity index (χ0) is 8.97. The van der Waals surface area contributed by atoms with Crippen molar-refractivity contribution in [1.29, 1.82) is 0 Å². The van der Waals surface area contributed by atoms with Gasteiger partial charge in [-0.25, -0.2) is 4.99 Å². The molecule has 2 nitrogen and oxygen atoms in total. The van der Waals surface area contributed by atoms with Crippen LogP contribution in [-0.4, -0.2) is 24.3 Å². The van der Waals surface area contributed by atoms with Crippen molar-refractivity contribution in [3.05, 3.63) is 30.3 Å². The molecule has 4 heteroatoms. The fourth-order valence-corrected chi connectivity index (χ4v) is 0.807. The average Bonchev–Trinajstić information content (AvgIpc) is 2.06. The molecule has 1 rings (SSSR count). The third kappa shape index (κ3) is 4.15. The zero-order valence-corrected chi connectivity index (χ0v) is 9.14. The molecule has 0 heterocycles. The summed E-state index contributed by atoms with van der Waals surface area (Å²) in [5.74, 6) is 0. The van der Waals surface area contributed by atoms with Gasteiger partial charge in [-0.15, -0.1) is 12.4 Å². The highest BCUT2D eigenvalue weighted by Crippen LogP contribution is 2.11. The van der Waals surface area contributed by atoms with Crippen molar-refractivity contribution in [3.8, 4) is 0 Å². The van der Waals surface area contributed by atoms with Crippen LogP contribution in [0, 0.1) is 0 Å². The number of para-hydroxylation sites is 1. The third-order valence-corrected chi connectivity index (χ3v) is 1.77. The number of hydrogen-bond acceptors (Lipinski definition) is 1. The average molecular weight is 219 g/mol. The Bertz CT molecular complexity index is 270. The summed E-state index contributed by atoms with van der Waals surface area (Å²) >= 11 is 5.83. The van der Waals surface area contributed by atoms with E-state index in [1.165, 1.54) is 0 Å². The van der Waals surface area contributed by atoms with Crippen LogP contribution in [-0.2, 0) is 0 Å². The van der Waals surface area contributed by atoms with Gasteiger partial charge in [0, 0.05) is 14.1 Å². The van der Waals surface area contributed by atoms with Gasteiger partial charge in [-0.2, -0.15) is 0 Å². The number of amidine groups is 1. The van der Waals surface area contributed by atoms with Gasteiger partial charge in [-0.1, -0.05) is 18.2 Å². The monoisotopic (exact) mass is 218 g/mol. The summed E-state index contributed by atoms with van der Waals surface area (Å²) in [6.45, 7) is 0. The van der Waals surface area contributed by atoms with Gasteiger partial charge in [-0.3, -0.25) is 0 Å². The molecule has 0 aromatic heterocycles. The summed E-state index contributed by atoms with van der Waals surface area (Å²) in [7, 11) is 3.71. The lowest BCUT2D eigenvalue weighted by atomic mass is 10.3. The molecule has 0 spiro atoms. The van der Waals surface area contributed by atoms with Crippen LogP contribution in [0.3, 0.4) is 0 Å². The highest BCUT2D eigenvalue weighted by atomic mass is 35.5. The normalized spacial score (nSPS) is 10.5. The molecule has 0 fully saturated rings. The maximum atomic E-state index is 5.83. The van der Waals surface area contributed by atoms with Crippen molar-refractivity contribution >= 4 is 35.0 Å². The van der Waals surface area contributed by atoms with E-state index in [4.69, 9.17) is 11.6 Å². The first-order chi connectivity index (χ1) is 5.70. The van der Waals surface area contributed by atoms with Gasteiger partial charge in [-0.05, 0) is 23.7 Å². The molecule has 1 aromatic rings. The third-order valence-electron chi connectivity index (χ3n) is 1.35. The topological polar surface area (TPSA) is 15.6 Å². The van der Waals surface area contributed by atoms with Crippen LogP contribution >= 0.6 is 24.0 Å². The van der Waals surface area contributed by atoms with E-state index in [0.29, 0.717) is 5.29 Å². The molecule has 0 amide bonds. The molecule has 0 unspecified atom stereocenters. The Kier molecular flexibility index (Phi) is 5.51. The molecule has 72 valence electrons. The second kappa shape index (κ2) is 5.84. The molecule has 0 aliphatic carbocycles. The molecular formula is C9H12Cl2N2. The van der Waals surface area contributed by atoms with E-state index >= 15 is 0 Å². The summed E-state index contributed by atoms with van der Waals surface area (Å²) in [6, 6.07) is 9.62. The predicted molar refractivity (Wildman–Crippen MR) is 60.3 cm³/mol. The standard InChI is InChI=1S/C9H11ClN2.ClH/c1-12(2)9(10)11-8-6-4-3-5-7-8;/h3-7H,1-2H3;1H. The molecular weight excluding hydrogens is 207 g/mol. The molecule has 1 aromatic carbocycles. The fourth-order valence-electron chi connectivity index (χ4n) is 0.709. The molecule has 0 radical (unpaired) electrons. The minimum atomic E-state index is 0. The van der Waals surface area contributed by atoms with Gasteiger partial charge < -0.3 is 4.90 Å². The van der Waals surface area contributed by atoms with Crippen LogP contribution in [0.5, 0.6) is 0 Å². The second-order valence-corrected chi connectivity index (χ2v) is 2.95. The van der Waals surface area contributed by atoms with Gasteiger partial charge in [0.25, 0.3) is 0 Å². The van der Waals surface area contributed by atoms with Crippen molar-refractivity contribution < 1.29 is 0 Å². The zero-order valence-electron chi connectivity index (χ0n) is 7.57. The predicted octanol–water partition coefficient (Wildman–Crippen LogP) is 2.90. The first-order valence-electron chi connectivity index (χ1n) is 3.66. The lowest BCUT2D eigenvalue weighted by Crippen LogP contribution is -2.15. The van der Waals surface area contributed by atoms with Crippen LogP contribution in [0.1, 0.15) is 0 Å². The minimum absolute atomic E-state index is 0. The van der Waals surface area contributed by atoms with E-state index < -0.39 is 0 Å². The van der Waals surface area contributed by atoms with E-state index in [2.05, 4.69) is 4.99 Å². The van der Waals surface area contributed by atoms with Crippen molar-refractivity contribution in [1.82, 2.24) is 4.90 Å². The molecule has 0 atom stereocenters. The summed E-state index contributed by atoms with van der Waals surface area (Å²) < 4.78 is 0. The molecule has 0 saturated heterocycles. The molecule has 0 aliphatic heterocycles. The highest BCUT2D eigenvalue weighted by molar-refractivity contribution is 6.64. The number of hydrogen-bond donors (Lipinski definition) is 0. The summed E-state index contributed by atoms with van der Waals surface area (Å²) in [4.78, 5) is 5.93. The van der Waals surface area contributed by atoms with E-state index in [0.717, 1.165) is 5.69 Å². The molecule has 0 aliphatic rings. The van der Waals surface area contributed by atoms with Crippen molar-refractivity contribution in [2.45, 2.75) is 0 Å². The summed E-state index contributed by atoms with van der Waals surface area (Å²) in [6.07, 6.45) is 0. The van der Waals surface area contributed by atoms with Gasteiger partial charge >= 0.3 is 0 Å². The number of nitrogens with zero attached hydrogens (tertiary/aromatic N) is 2. The van der Waals surface area contributed by atoms with Crippen LogP contribution in [0.2, 0.25) is 0 Å². The van der Waals surface area contributed by atoms with Crippen LogP contribution in [0.4, 0.5) is 5.69 Å². The van der Waals surface area contributed by atoms with Crippen LogP contribution < -0.4 is 0 Å². The molecule has 0 N–H and O–H groups in total. The SMILES string of the molecule is CN(C)C(Cl)=Nc1ccccc1.Cl. The lowest BCUT2D eigenvalue weighted by molar-refractivity contribution is 0.635. The first kappa shape index (κ1) is 12.3. The smallest absolute Gasteiger partial charge is 0.198 e. The summed E-state index contributed by atoms with van der Waals surface area (Å²) in [5.41, 5.74) is 0.871. The largest absolute Gasteiger partial charge is 0.353 e.